The molecule has 0 fully saturated rings. The fourth-order valence-electron chi connectivity index (χ4n) is 1.06. The largest absolute Gasteiger partial charge is 0.503 e. The lowest BCUT2D eigenvalue weighted by atomic mass is 10.0. The van der Waals surface area contributed by atoms with Gasteiger partial charge in [-0.15, -0.1) is 0 Å². The fraction of sp³-hybridized carbons (Fsp3) is 0.333. The monoisotopic (exact) mass is 203 g/mol. The summed E-state index contributed by atoms with van der Waals surface area (Å²) in [6.07, 6.45) is -0.918. The number of benzene rings is 1. The van der Waals surface area contributed by atoms with Crippen LogP contribution in [0.4, 0.5) is 8.78 Å². The zero-order chi connectivity index (χ0) is 10.9. The number of phenols is 1. The van der Waals surface area contributed by atoms with Crippen LogP contribution >= 0.6 is 0 Å². The molecule has 1 unspecified atom stereocenters. The molecular weight excluding hydrogens is 192 g/mol. The predicted octanol–water partition coefficient (Wildman–Crippen LogP) is 1.05. The van der Waals surface area contributed by atoms with Gasteiger partial charge in [-0.25, -0.2) is 8.78 Å². The maximum Gasteiger partial charge on any atom is 0.187 e. The summed E-state index contributed by atoms with van der Waals surface area (Å²) in [5, 5.41) is 17.9. The first kappa shape index (κ1) is 10.9. The summed E-state index contributed by atoms with van der Waals surface area (Å²) in [5.74, 6) is -3.21. The molecule has 0 spiro atoms. The lowest BCUT2D eigenvalue weighted by molar-refractivity contribution is 0.164. The van der Waals surface area contributed by atoms with E-state index in [0.717, 1.165) is 12.1 Å². The maximum atomic E-state index is 12.8. The average Bonchev–Trinajstić information content (AvgIpc) is 2.12. The number of hydrogen-bond donors (Lipinski definition) is 3. The zero-order valence-electron chi connectivity index (χ0n) is 7.54. The van der Waals surface area contributed by atoms with Crippen molar-refractivity contribution in [3.05, 3.63) is 29.3 Å². The first-order chi connectivity index (χ1) is 6.43. The number of aliphatic hydroxyl groups excluding tert-OH is 1. The Balaban J connectivity index is 3.12. The van der Waals surface area contributed by atoms with Gasteiger partial charge in [0.15, 0.2) is 17.4 Å². The molecule has 1 rings (SSSR count). The zero-order valence-corrected chi connectivity index (χ0v) is 7.54. The second-order valence-electron chi connectivity index (χ2n) is 3.10. The smallest absolute Gasteiger partial charge is 0.187 e. The average molecular weight is 203 g/mol. The molecule has 0 heterocycles. The summed E-state index contributed by atoms with van der Waals surface area (Å²) in [7, 11) is 0. The Labute approximate surface area is 79.8 Å². The molecule has 4 N–H and O–H groups in total. The highest BCUT2D eigenvalue weighted by molar-refractivity contribution is 5.31. The van der Waals surface area contributed by atoms with Crippen LogP contribution in [-0.4, -0.2) is 16.3 Å². The van der Waals surface area contributed by atoms with Crippen molar-refractivity contribution in [2.45, 2.75) is 19.1 Å². The molecule has 0 aliphatic heterocycles. The minimum Gasteiger partial charge on any atom is -0.503 e. The van der Waals surface area contributed by atoms with E-state index in [4.69, 9.17) is 15.9 Å². The van der Waals surface area contributed by atoms with Gasteiger partial charge < -0.3 is 15.9 Å². The highest BCUT2D eigenvalue weighted by Crippen LogP contribution is 2.25. The van der Waals surface area contributed by atoms with Crippen LogP contribution in [0.15, 0.2) is 12.1 Å². The summed E-state index contributed by atoms with van der Waals surface area (Å²) in [4.78, 5) is 0. The van der Waals surface area contributed by atoms with Crippen LogP contribution in [0.3, 0.4) is 0 Å². The van der Waals surface area contributed by atoms with Crippen LogP contribution < -0.4 is 5.73 Å². The number of nitrogens with two attached hydrogens (primary N) is 1. The Hall–Kier alpha value is -1.20. The van der Waals surface area contributed by atoms with Crippen LogP contribution in [-0.2, 0) is 0 Å². The Morgan fingerprint density at radius 2 is 1.71 bits per heavy atom. The lowest BCUT2D eigenvalue weighted by Crippen LogP contribution is -2.23. The minimum atomic E-state index is -1.09. The predicted molar refractivity (Wildman–Crippen MR) is 46.6 cm³/mol. The Morgan fingerprint density at radius 3 is 2.07 bits per heavy atom. The molecule has 5 heteroatoms. The standard InChI is InChI=1S/C9H11F2NO2/c1-4(13)8(12)5-2-6(10)9(14)7(11)3-5/h2-4,8,13-14H,12H2,1H3/t4?,8-/m1/s1. The highest BCUT2D eigenvalue weighted by atomic mass is 19.1. The normalized spacial score (nSPS) is 15.2. The van der Waals surface area contributed by atoms with Crippen molar-refractivity contribution in [2.24, 2.45) is 5.73 Å². The Kier molecular flexibility index (Phi) is 3.03. The molecule has 3 nitrogen and oxygen atoms in total. The molecule has 78 valence electrons. The summed E-state index contributed by atoms with van der Waals surface area (Å²) in [6, 6.07) is 0.922. The number of aromatic hydroxyl groups is 1. The molecule has 0 aliphatic carbocycles. The molecule has 14 heavy (non-hydrogen) atoms. The summed E-state index contributed by atoms with van der Waals surface area (Å²) >= 11 is 0. The molecule has 1 aromatic carbocycles. The van der Waals surface area contributed by atoms with Crippen LogP contribution in [0.5, 0.6) is 5.75 Å². The highest BCUT2D eigenvalue weighted by Gasteiger charge is 2.17. The van der Waals surface area contributed by atoms with E-state index >= 15 is 0 Å². The van der Waals surface area contributed by atoms with E-state index < -0.39 is 29.5 Å². The number of rotatable bonds is 2. The fourth-order valence-corrected chi connectivity index (χ4v) is 1.06. The first-order valence-electron chi connectivity index (χ1n) is 4.05. The number of phenolic OH excluding ortho intramolecular Hbond substituents is 1. The quantitative estimate of drug-likeness (QED) is 0.673. The van der Waals surface area contributed by atoms with E-state index in [2.05, 4.69) is 0 Å². The molecule has 2 atom stereocenters. The van der Waals surface area contributed by atoms with E-state index in [1.54, 1.807) is 0 Å². The second kappa shape index (κ2) is 3.89. The van der Waals surface area contributed by atoms with E-state index in [1.807, 2.05) is 0 Å². The van der Waals surface area contributed by atoms with Gasteiger partial charge >= 0.3 is 0 Å². The van der Waals surface area contributed by atoms with Crippen molar-refractivity contribution in [3.8, 4) is 5.75 Å². The summed E-state index contributed by atoms with van der Waals surface area (Å²) in [5.41, 5.74) is 5.57. The third-order valence-electron chi connectivity index (χ3n) is 1.94. The molecule has 0 saturated heterocycles. The van der Waals surface area contributed by atoms with Gasteiger partial charge in [0, 0.05) is 0 Å². The number of halogens is 2. The van der Waals surface area contributed by atoms with E-state index in [0.29, 0.717) is 0 Å². The van der Waals surface area contributed by atoms with Gasteiger partial charge in [-0.3, -0.25) is 0 Å². The molecule has 0 bridgehead atoms. The summed E-state index contributed by atoms with van der Waals surface area (Å²) in [6.45, 7) is 1.41. The van der Waals surface area contributed by atoms with Crippen molar-refractivity contribution in [3.63, 3.8) is 0 Å². The molecular formula is C9H11F2NO2. The molecule has 1 aromatic rings. The maximum absolute atomic E-state index is 12.8. The van der Waals surface area contributed by atoms with Crippen molar-refractivity contribution in [1.29, 1.82) is 0 Å². The van der Waals surface area contributed by atoms with Gasteiger partial charge in [0.2, 0.25) is 0 Å². The van der Waals surface area contributed by atoms with Crippen molar-refractivity contribution in [1.82, 2.24) is 0 Å². The van der Waals surface area contributed by atoms with Crippen LogP contribution in [0.2, 0.25) is 0 Å². The van der Waals surface area contributed by atoms with Gasteiger partial charge in [0.05, 0.1) is 12.1 Å². The third kappa shape index (κ3) is 2.00. The van der Waals surface area contributed by atoms with Gasteiger partial charge in [-0.2, -0.15) is 0 Å². The lowest BCUT2D eigenvalue weighted by Gasteiger charge is -2.15. The minimum absolute atomic E-state index is 0.104. The van der Waals surface area contributed by atoms with Gasteiger partial charge in [0.1, 0.15) is 0 Å². The van der Waals surface area contributed by atoms with E-state index in [9.17, 15) is 8.78 Å². The number of hydrogen-bond acceptors (Lipinski definition) is 3. The topological polar surface area (TPSA) is 66.5 Å². The first-order valence-corrected chi connectivity index (χ1v) is 4.05. The SMILES string of the molecule is CC(O)[C@@H](N)c1cc(F)c(O)c(F)c1. The van der Waals surface area contributed by atoms with Crippen LogP contribution in [0, 0.1) is 11.6 Å². The van der Waals surface area contributed by atoms with Crippen molar-refractivity contribution < 1.29 is 19.0 Å². The Bertz CT molecular complexity index is 319. The van der Waals surface area contributed by atoms with Gasteiger partial charge in [0.25, 0.3) is 0 Å². The molecule has 0 radical (unpaired) electrons. The Morgan fingerprint density at radius 1 is 1.29 bits per heavy atom. The van der Waals surface area contributed by atoms with Gasteiger partial charge in [-0.1, -0.05) is 0 Å². The van der Waals surface area contributed by atoms with Gasteiger partial charge in [-0.05, 0) is 24.6 Å². The second-order valence-corrected chi connectivity index (χ2v) is 3.10. The molecule has 0 saturated carbocycles. The molecule has 0 aromatic heterocycles. The van der Waals surface area contributed by atoms with E-state index in [-0.39, 0.29) is 5.56 Å². The van der Waals surface area contributed by atoms with Crippen LogP contribution in [0.25, 0.3) is 0 Å². The van der Waals surface area contributed by atoms with Crippen LogP contribution in [0.1, 0.15) is 18.5 Å². The molecule has 0 aliphatic rings. The van der Waals surface area contributed by atoms with E-state index in [1.165, 1.54) is 6.92 Å². The van der Waals surface area contributed by atoms with Crippen molar-refractivity contribution >= 4 is 0 Å². The number of aliphatic hydroxyl groups is 1. The summed E-state index contributed by atoms with van der Waals surface area (Å²) < 4.78 is 25.7. The molecule has 0 amide bonds. The van der Waals surface area contributed by atoms with Crippen molar-refractivity contribution in [2.75, 3.05) is 0 Å². The third-order valence-corrected chi connectivity index (χ3v) is 1.94.